The molecule has 2 heterocycles. The number of hydrogen-bond donors (Lipinski definition) is 1. The SMILES string of the molecule is CCC(c1nccs1)N1CCCC(NC)C1. The highest BCUT2D eigenvalue weighted by atomic mass is 32.1. The summed E-state index contributed by atoms with van der Waals surface area (Å²) >= 11 is 1.78. The average Bonchev–Trinajstić information content (AvgIpc) is 2.84. The summed E-state index contributed by atoms with van der Waals surface area (Å²) in [5.41, 5.74) is 0. The molecule has 2 atom stereocenters. The van der Waals surface area contributed by atoms with Gasteiger partial charge in [0.2, 0.25) is 0 Å². The molecule has 0 aromatic carbocycles. The molecular formula is C12H21N3S. The van der Waals surface area contributed by atoms with E-state index in [0.29, 0.717) is 12.1 Å². The number of nitrogens with zero attached hydrogens (tertiary/aromatic N) is 2. The second-order valence-electron chi connectivity index (χ2n) is 4.42. The van der Waals surface area contributed by atoms with Gasteiger partial charge in [-0.3, -0.25) is 4.90 Å². The van der Waals surface area contributed by atoms with E-state index in [2.05, 4.69) is 34.6 Å². The highest BCUT2D eigenvalue weighted by Crippen LogP contribution is 2.28. The third-order valence-corrected chi connectivity index (χ3v) is 4.30. The normalized spacial score (nSPS) is 24.5. The summed E-state index contributed by atoms with van der Waals surface area (Å²) in [5, 5.41) is 6.76. The van der Waals surface area contributed by atoms with Gasteiger partial charge >= 0.3 is 0 Å². The van der Waals surface area contributed by atoms with E-state index >= 15 is 0 Å². The fraction of sp³-hybridized carbons (Fsp3) is 0.750. The van der Waals surface area contributed by atoms with Gasteiger partial charge in [-0.2, -0.15) is 0 Å². The lowest BCUT2D eigenvalue weighted by molar-refractivity contribution is 0.136. The number of likely N-dealkylation sites (N-methyl/N-ethyl adjacent to an activating group) is 1. The number of hydrogen-bond acceptors (Lipinski definition) is 4. The van der Waals surface area contributed by atoms with Crippen LogP contribution < -0.4 is 5.32 Å². The Balaban J connectivity index is 2.03. The Hall–Kier alpha value is -0.450. The minimum atomic E-state index is 0.524. The van der Waals surface area contributed by atoms with Gasteiger partial charge in [0, 0.05) is 24.2 Å². The second-order valence-corrected chi connectivity index (χ2v) is 5.34. The maximum atomic E-state index is 4.47. The zero-order valence-corrected chi connectivity index (χ0v) is 11.0. The molecule has 1 fully saturated rings. The zero-order chi connectivity index (χ0) is 11.4. The van der Waals surface area contributed by atoms with E-state index in [1.54, 1.807) is 11.3 Å². The van der Waals surface area contributed by atoms with E-state index in [1.807, 2.05) is 6.20 Å². The van der Waals surface area contributed by atoms with Crippen molar-refractivity contribution in [1.82, 2.24) is 15.2 Å². The van der Waals surface area contributed by atoms with Crippen molar-refractivity contribution < 1.29 is 0 Å². The van der Waals surface area contributed by atoms with Crippen molar-refractivity contribution in [3.05, 3.63) is 16.6 Å². The molecule has 0 saturated carbocycles. The summed E-state index contributed by atoms with van der Waals surface area (Å²) in [4.78, 5) is 7.06. The van der Waals surface area contributed by atoms with Crippen molar-refractivity contribution in [3.8, 4) is 0 Å². The van der Waals surface area contributed by atoms with Crippen molar-refractivity contribution in [2.24, 2.45) is 0 Å². The van der Waals surface area contributed by atoms with Crippen LogP contribution >= 0.6 is 11.3 Å². The molecule has 1 aliphatic heterocycles. The number of rotatable bonds is 4. The van der Waals surface area contributed by atoms with E-state index in [0.717, 1.165) is 13.0 Å². The molecule has 1 saturated heterocycles. The Kier molecular flexibility index (Phi) is 4.32. The van der Waals surface area contributed by atoms with Crippen LogP contribution in [0.25, 0.3) is 0 Å². The van der Waals surface area contributed by atoms with Gasteiger partial charge in [0.25, 0.3) is 0 Å². The molecule has 0 aliphatic carbocycles. The fourth-order valence-corrected chi connectivity index (χ4v) is 3.37. The predicted molar refractivity (Wildman–Crippen MR) is 68.8 cm³/mol. The van der Waals surface area contributed by atoms with Crippen molar-refractivity contribution in [2.45, 2.75) is 38.3 Å². The van der Waals surface area contributed by atoms with Gasteiger partial charge in [0.15, 0.2) is 0 Å². The first-order valence-electron chi connectivity index (χ1n) is 6.15. The van der Waals surface area contributed by atoms with Crippen LogP contribution in [-0.4, -0.2) is 36.1 Å². The van der Waals surface area contributed by atoms with E-state index < -0.39 is 0 Å². The smallest absolute Gasteiger partial charge is 0.110 e. The monoisotopic (exact) mass is 239 g/mol. The van der Waals surface area contributed by atoms with E-state index in [4.69, 9.17) is 0 Å². The van der Waals surface area contributed by atoms with Crippen LogP contribution in [0.2, 0.25) is 0 Å². The lowest BCUT2D eigenvalue weighted by Gasteiger charge is -2.37. The molecule has 0 radical (unpaired) electrons. The molecule has 3 nitrogen and oxygen atoms in total. The number of thiazole rings is 1. The molecule has 1 N–H and O–H groups in total. The molecule has 0 spiro atoms. The summed E-state index contributed by atoms with van der Waals surface area (Å²) < 4.78 is 0. The maximum Gasteiger partial charge on any atom is 0.110 e. The predicted octanol–water partition coefficient (Wildman–Crippen LogP) is 2.28. The van der Waals surface area contributed by atoms with Crippen molar-refractivity contribution in [3.63, 3.8) is 0 Å². The molecule has 0 amide bonds. The molecular weight excluding hydrogens is 218 g/mol. The number of likely N-dealkylation sites (tertiary alicyclic amines) is 1. The van der Waals surface area contributed by atoms with E-state index in [9.17, 15) is 0 Å². The maximum absolute atomic E-state index is 4.47. The highest BCUT2D eigenvalue weighted by Gasteiger charge is 2.26. The van der Waals surface area contributed by atoms with Crippen LogP contribution in [0.5, 0.6) is 0 Å². The van der Waals surface area contributed by atoms with E-state index in [1.165, 1.54) is 24.4 Å². The summed E-state index contributed by atoms with van der Waals surface area (Å²) in [5.74, 6) is 0. The Morgan fingerprint density at radius 2 is 2.56 bits per heavy atom. The zero-order valence-electron chi connectivity index (χ0n) is 10.1. The summed E-state index contributed by atoms with van der Waals surface area (Å²) in [6.07, 6.45) is 5.68. The van der Waals surface area contributed by atoms with Gasteiger partial charge in [0.05, 0.1) is 6.04 Å². The van der Waals surface area contributed by atoms with Crippen molar-refractivity contribution in [2.75, 3.05) is 20.1 Å². The number of aromatic nitrogens is 1. The first-order chi connectivity index (χ1) is 7.85. The van der Waals surface area contributed by atoms with Crippen LogP contribution in [0.4, 0.5) is 0 Å². The molecule has 4 heteroatoms. The standard InChI is InChI=1S/C12H21N3S/c1-3-11(12-14-6-8-16-12)15-7-4-5-10(9-15)13-2/h6,8,10-11,13H,3-5,7,9H2,1-2H3. The van der Waals surface area contributed by atoms with Crippen molar-refractivity contribution in [1.29, 1.82) is 0 Å². The number of piperidine rings is 1. The Morgan fingerprint density at radius 3 is 3.19 bits per heavy atom. The van der Waals surface area contributed by atoms with Crippen LogP contribution in [-0.2, 0) is 0 Å². The molecule has 2 rings (SSSR count). The topological polar surface area (TPSA) is 28.2 Å². The van der Waals surface area contributed by atoms with Crippen LogP contribution in [0.15, 0.2) is 11.6 Å². The third-order valence-electron chi connectivity index (χ3n) is 3.43. The number of nitrogens with one attached hydrogen (secondary N) is 1. The van der Waals surface area contributed by atoms with E-state index in [-0.39, 0.29) is 0 Å². The second kappa shape index (κ2) is 5.75. The van der Waals surface area contributed by atoms with Gasteiger partial charge in [-0.1, -0.05) is 6.92 Å². The quantitative estimate of drug-likeness (QED) is 0.873. The molecule has 16 heavy (non-hydrogen) atoms. The first kappa shape index (κ1) is 12.0. The van der Waals surface area contributed by atoms with Gasteiger partial charge in [-0.15, -0.1) is 11.3 Å². The Morgan fingerprint density at radius 1 is 1.69 bits per heavy atom. The lowest BCUT2D eigenvalue weighted by atomic mass is 10.0. The Labute approximate surface area is 102 Å². The molecule has 90 valence electrons. The molecule has 1 aromatic heterocycles. The summed E-state index contributed by atoms with van der Waals surface area (Å²) in [7, 11) is 2.07. The molecule has 2 unspecified atom stereocenters. The van der Waals surface area contributed by atoms with Crippen molar-refractivity contribution >= 4 is 11.3 Å². The van der Waals surface area contributed by atoms with Crippen LogP contribution in [0, 0.1) is 0 Å². The first-order valence-corrected chi connectivity index (χ1v) is 7.03. The largest absolute Gasteiger partial charge is 0.316 e. The minimum absolute atomic E-state index is 0.524. The highest BCUT2D eigenvalue weighted by molar-refractivity contribution is 7.09. The average molecular weight is 239 g/mol. The Bertz CT molecular complexity index is 299. The van der Waals surface area contributed by atoms with Crippen LogP contribution in [0.3, 0.4) is 0 Å². The summed E-state index contributed by atoms with van der Waals surface area (Å²) in [6, 6.07) is 1.18. The lowest BCUT2D eigenvalue weighted by Crippen LogP contribution is -2.45. The van der Waals surface area contributed by atoms with Gasteiger partial charge in [-0.25, -0.2) is 4.98 Å². The molecule has 0 bridgehead atoms. The van der Waals surface area contributed by atoms with Gasteiger partial charge in [-0.05, 0) is 32.9 Å². The third kappa shape index (κ3) is 2.62. The minimum Gasteiger partial charge on any atom is -0.316 e. The summed E-state index contributed by atoms with van der Waals surface area (Å²) in [6.45, 7) is 4.64. The van der Waals surface area contributed by atoms with Gasteiger partial charge in [0.1, 0.15) is 5.01 Å². The van der Waals surface area contributed by atoms with Crippen LogP contribution in [0.1, 0.15) is 37.2 Å². The van der Waals surface area contributed by atoms with Gasteiger partial charge < -0.3 is 5.32 Å². The molecule has 1 aromatic rings. The molecule has 1 aliphatic rings. The fourth-order valence-electron chi connectivity index (χ4n) is 2.51.